The normalized spacial score (nSPS) is 20.6. The maximum absolute atomic E-state index is 12.2. The van der Waals surface area contributed by atoms with Crippen LogP contribution in [-0.2, 0) is 14.3 Å². The zero-order valence-electron chi connectivity index (χ0n) is 13.6. The van der Waals surface area contributed by atoms with Gasteiger partial charge in [-0.05, 0) is 18.6 Å². The molecule has 0 aliphatic heterocycles. The van der Waals surface area contributed by atoms with Crippen LogP contribution in [0, 0.1) is 5.41 Å². The van der Waals surface area contributed by atoms with Crippen molar-refractivity contribution in [2.75, 3.05) is 11.9 Å². The van der Waals surface area contributed by atoms with E-state index in [-0.39, 0.29) is 6.61 Å². The quantitative estimate of drug-likeness (QED) is 0.619. The highest BCUT2D eigenvalue weighted by Gasteiger charge is 2.69. The van der Waals surface area contributed by atoms with Gasteiger partial charge in [-0.3, -0.25) is 9.59 Å². The number of hydrogen-bond acceptors (Lipinski definition) is 3. The number of para-hydroxylation sites is 1. The second-order valence-electron chi connectivity index (χ2n) is 6.25. The molecule has 6 heteroatoms. The highest BCUT2D eigenvalue weighted by molar-refractivity contribution is 6.53. The Morgan fingerprint density at radius 3 is 2.32 bits per heavy atom. The van der Waals surface area contributed by atoms with Gasteiger partial charge in [0.25, 0.3) is 5.91 Å². The Bertz CT molecular complexity index is 807. The van der Waals surface area contributed by atoms with Crippen molar-refractivity contribution in [1.82, 2.24) is 0 Å². The number of rotatable bonds is 5. The summed E-state index contributed by atoms with van der Waals surface area (Å²) >= 11 is 11.9. The first-order valence-corrected chi connectivity index (χ1v) is 8.58. The van der Waals surface area contributed by atoms with Gasteiger partial charge in [0.15, 0.2) is 6.61 Å². The second-order valence-corrected chi connectivity index (χ2v) is 7.73. The van der Waals surface area contributed by atoms with E-state index >= 15 is 0 Å². The SMILES string of the molecule is C[C@@]1(C(=O)OCC(=O)Nc2ccccc2-c2ccccc2)CC1(Cl)Cl. The van der Waals surface area contributed by atoms with E-state index < -0.39 is 21.6 Å². The lowest BCUT2D eigenvalue weighted by molar-refractivity contribution is -0.152. The molecule has 3 rings (SSSR count). The molecule has 1 aliphatic carbocycles. The van der Waals surface area contributed by atoms with Crippen LogP contribution in [0.15, 0.2) is 54.6 Å². The molecular formula is C19H17Cl2NO3. The van der Waals surface area contributed by atoms with Crippen molar-refractivity contribution in [3.05, 3.63) is 54.6 Å². The van der Waals surface area contributed by atoms with Crippen LogP contribution in [0.1, 0.15) is 13.3 Å². The maximum Gasteiger partial charge on any atom is 0.315 e. The van der Waals surface area contributed by atoms with Crippen LogP contribution < -0.4 is 5.32 Å². The lowest BCUT2D eigenvalue weighted by Crippen LogP contribution is -2.26. The third-order valence-corrected chi connectivity index (χ3v) is 5.43. The fourth-order valence-electron chi connectivity index (χ4n) is 2.56. The summed E-state index contributed by atoms with van der Waals surface area (Å²) in [5, 5.41) is 2.77. The van der Waals surface area contributed by atoms with E-state index in [1.54, 1.807) is 13.0 Å². The second kappa shape index (κ2) is 6.70. The lowest BCUT2D eigenvalue weighted by Gasteiger charge is -2.13. The predicted molar refractivity (Wildman–Crippen MR) is 98.6 cm³/mol. The summed E-state index contributed by atoms with van der Waals surface area (Å²) < 4.78 is 3.95. The molecule has 1 fully saturated rings. The Balaban J connectivity index is 1.64. The number of esters is 1. The first-order valence-electron chi connectivity index (χ1n) is 7.83. The van der Waals surface area contributed by atoms with Gasteiger partial charge in [0.05, 0.1) is 0 Å². The molecule has 1 N–H and O–H groups in total. The minimum atomic E-state index is -1.11. The minimum absolute atomic E-state index is 0.320. The summed E-state index contributed by atoms with van der Waals surface area (Å²) in [6, 6.07) is 17.1. The van der Waals surface area contributed by atoms with E-state index in [0.29, 0.717) is 12.1 Å². The number of anilines is 1. The maximum atomic E-state index is 12.2. The van der Waals surface area contributed by atoms with Crippen molar-refractivity contribution in [3.63, 3.8) is 0 Å². The van der Waals surface area contributed by atoms with E-state index in [9.17, 15) is 9.59 Å². The molecule has 0 aromatic heterocycles. The van der Waals surface area contributed by atoms with Crippen molar-refractivity contribution < 1.29 is 14.3 Å². The smallest absolute Gasteiger partial charge is 0.315 e. The van der Waals surface area contributed by atoms with E-state index in [4.69, 9.17) is 27.9 Å². The van der Waals surface area contributed by atoms with Gasteiger partial charge < -0.3 is 10.1 Å². The third-order valence-electron chi connectivity index (χ3n) is 4.33. The molecule has 1 amide bonds. The first-order chi connectivity index (χ1) is 11.8. The van der Waals surface area contributed by atoms with Crippen LogP contribution in [0.5, 0.6) is 0 Å². The summed E-state index contributed by atoms with van der Waals surface area (Å²) in [5.74, 6) is -0.986. The Hall–Kier alpha value is -2.04. The molecule has 2 aromatic carbocycles. The number of carbonyl (C=O) groups is 2. The average Bonchev–Trinajstić information content (AvgIpc) is 3.13. The summed E-state index contributed by atoms with van der Waals surface area (Å²) in [4.78, 5) is 24.2. The van der Waals surface area contributed by atoms with Gasteiger partial charge in [-0.1, -0.05) is 48.5 Å². The highest BCUT2D eigenvalue weighted by Crippen LogP contribution is 2.64. The van der Waals surface area contributed by atoms with Crippen molar-refractivity contribution in [3.8, 4) is 11.1 Å². The van der Waals surface area contributed by atoms with Gasteiger partial charge in [0.1, 0.15) is 9.75 Å². The van der Waals surface area contributed by atoms with Gasteiger partial charge in [-0.15, -0.1) is 23.2 Å². The van der Waals surface area contributed by atoms with E-state index in [0.717, 1.165) is 11.1 Å². The molecule has 4 nitrogen and oxygen atoms in total. The molecule has 1 aliphatic rings. The lowest BCUT2D eigenvalue weighted by atomic mass is 10.0. The van der Waals surface area contributed by atoms with Gasteiger partial charge in [0.2, 0.25) is 0 Å². The van der Waals surface area contributed by atoms with Gasteiger partial charge in [-0.2, -0.15) is 0 Å². The molecule has 0 unspecified atom stereocenters. The summed E-state index contributed by atoms with van der Waals surface area (Å²) in [6.07, 6.45) is 0.320. The molecule has 0 saturated heterocycles. The van der Waals surface area contributed by atoms with Crippen LogP contribution in [0.25, 0.3) is 11.1 Å². The largest absolute Gasteiger partial charge is 0.455 e. The number of benzene rings is 2. The topological polar surface area (TPSA) is 55.4 Å². The van der Waals surface area contributed by atoms with Crippen molar-refractivity contribution in [2.24, 2.45) is 5.41 Å². The Labute approximate surface area is 156 Å². The van der Waals surface area contributed by atoms with Crippen LogP contribution in [0.3, 0.4) is 0 Å². The minimum Gasteiger partial charge on any atom is -0.455 e. The van der Waals surface area contributed by atoms with Gasteiger partial charge in [0, 0.05) is 17.7 Å². The van der Waals surface area contributed by atoms with E-state index in [1.165, 1.54) is 0 Å². The number of ether oxygens (including phenoxy) is 1. The molecule has 25 heavy (non-hydrogen) atoms. The molecule has 0 radical (unpaired) electrons. The average molecular weight is 378 g/mol. The molecule has 2 aromatic rings. The summed E-state index contributed by atoms with van der Waals surface area (Å²) in [7, 11) is 0. The third kappa shape index (κ3) is 3.65. The predicted octanol–water partition coefficient (Wildman–Crippen LogP) is 4.42. The van der Waals surface area contributed by atoms with Crippen molar-refractivity contribution in [1.29, 1.82) is 0 Å². The first kappa shape index (κ1) is 17.8. The molecule has 1 saturated carbocycles. The molecule has 1 atom stereocenters. The van der Waals surface area contributed by atoms with E-state index in [1.807, 2.05) is 48.5 Å². The van der Waals surface area contributed by atoms with Crippen LogP contribution in [0.2, 0.25) is 0 Å². The van der Waals surface area contributed by atoms with Crippen molar-refractivity contribution >= 4 is 40.8 Å². The van der Waals surface area contributed by atoms with E-state index in [2.05, 4.69) is 5.32 Å². The number of amides is 1. The highest BCUT2D eigenvalue weighted by atomic mass is 35.5. The van der Waals surface area contributed by atoms with Crippen LogP contribution in [0.4, 0.5) is 5.69 Å². The number of nitrogens with one attached hydrogen (secondary N) is 1. The summed E-state index contributed by atoms with van der Waals surface area (Å²) in [5.41, 5.74) is 1.57. The number of halogens is 2. The number of alkyl halides is 2. The fourth-order valence-corrected chi connectivity index (χ4v) is 3.25. The molecule has 0 bridgehead atoms. The Kier molecular flexibility index (Phi) is 4.76. The fraction of sp³-hybridized carbons (Fsp3) is 0.263. The monoisotopic (exact) mass is 377 g/mol. The van der Waals surface area contributed by atoms with Gasteiger partial charge >= 0.3 is 5.97 Å². The van der Waals surface area contributed by atoms with Gasteiger partial charge in [-0.25, -0.2) is 0 Å². The van der Waals surface area contributed by atoms with Crippen LogP contribution in [-0.4, -0.2) is 22.8 Å². The standard InChI is InChI=1S/C19H17Cl2NO3/c1-18(12-19(18,20)21)17(24)25-11-16(23)22-15-10-6-5-9-14(15)13-7-3-2-4-8-13/h2-10H,11-12H2,1H3,(H,22,23)/t18-/m0/s1. The molecule has 0 spiro atoms. The molecular weight excluding hydrogens is 361 g/mol. The van der Waals surface area contributed by atoms with Crippen molar-refractivity contribution in [2.45, 2.75) is 17.7 Å². The molecule has 130 valence electrons. The zero-order chi connectivity index (χ0) is 18.1. The molecule has 0 heterocycles. The summed E-state index contributed by atoms with van der Waals surface area (Å²) in [6.45, 7) is 1.24. The number of hydrogen-bond donors (Lipinski definition) is 1. The number of carbonyl (C=O) groups excluding carboxylic acids is 2. The zero-order valence-corrected chi connectivity index (χ0v) is 15.1. The Morgan fingerprint density at radius 2 is 1.68 bits per heavy atom. The Morgan fingerprint density at radius 1 is 1.08 bits per heavy atom. The van der Waals surface area contributed by atoms with Crippen LogP contribution >= 0.6 is 23.2 Å².